The number of amides is 1. The highest BCUT2D eigenvalue weighted by Crippen LogP contribution is 2.26. The molecule has 0 bridgehead atoms. The van der Waals surface area contributed by atoms with Gasteiger partial charge in [-0.25, -0.2) is 0 Å². The van der Waals surface area contributed by atoms with Crippen LogP contribution in [0.5, 0.6) is 0 Å². The van der Waals surface area contributed by atoms with Gasteiger partial charge in [0.25, 0.3) is 11.6 Å². The molecule has 0 radical (unpaired) electrons. The molecular formula is C13H9BrClN3O3. The van der Waals surface area contributed by atoms with E-state index in [1.807, 2.05) is 0 Å². The third kappa shape index (κ3) is 3.50. The van der Waals surface area contributed by atoms with Crippen LogP contribution in [0.15, 0.2) is 40.9 Å². The summed E-state index contributed by atoms with van der Waals surface area (Å²) in [6.45, 7) is 0. The standard InChI is InChI=1S/C13H9BrClN3O3/c14-9-6-8(2-3-10(9)15)17-13(19)7-1-4-12(18(20)21)11(16)5-7/h1-6H,16H2,(H,17,19). The lowest BCUT2D eigenvalue weighted by Gasteiger charge is -2.07. The van der Waals surface area contributed by atoms with Gasteiger partial charge in [0.2, 0.25) is 0 Å². The van der Waals surface area contributed by atoms with Gasteiger partial charge in [0, 0.05) is 21.8 Å². The minimum atomic E-state index is -0.604. The Labute approximate surface area is 133 Å². The molecule has 21 heavy (non-hydrogen) atoms. The summed E-state index contributed by atoms with van der Waals surface area (Å²) in [4.78, 5) is 22.1. The first-order valence-corrected chi connectivity index (χ1v) is 6.86. The molecule has 2 aromatic rings. The summed E-state index contributed by atoms with van der Waals surface area (Å²) in [6, 6.07) is 8.72. The summed E-state index contributed by atoms with van der Waals surface area (Å²) in [5.74, 6) is -0.425. The Bertz CT molecular complexity index is 737. The third-order valence-electron chi connectivity index (χ3n) is 2.66. The van der Waals surface area contributed by atoms with Gasteiger partial charge in [-0.15, -0.1) is 0 Å². The van der Waals surface area contributed by atoms with Crippen molar-refractivity contribution in [1.82, 2.24) is 0 Å². The molecule has 0 saturated heterocycles. The van der Waals surface area contributed by atoms with E-state index in [9.17, 15) is 14.9 Å². The number of nitro groups is 1. The Kier molecular flexibility index (Phi) is 4.44. The average Bonchev–Trinajstić information content (AvgIpc) is 2.42. The van der Waals surface area contributed by atoms with Gasteiger partial charge >= 0.3 is 0 Å². The Balaban J connectivity index is 2.22. The van der Waals surface area contributed by atoms with Crippen LogP contribution in [0.4, 0.5) is 17.1 Å². The number of halogens is 2. The Morgan fingerprint density at radius 1 is 1.29 bits per heavy atom. The maximum absolute atomic E-state index is 12.1. The molecule has 0 saturated carbocycles. The molecule has 0 aliphatic heterocycles. The molecule has 0 aliphatic carbocycles. The van der Waals surface area contributed by atoms with Crippen molar-refractivity contribution in [3.8, 4) is 0 Å². The van der Waals surface area contributed by atoms with Gasteiger partial charge < -0.3 is 11.1 Å². The van der Waals surface area contributed by atoms with Crippen molar-refractivity contribution in [3.05, 3.63) is 61.6 Å². The number of anilines is 2. The molecule has 108 valence electrons. The molecule has 0 unspecified atom stereocenters. The first-order valence-electron chi connectivity index (χ1n) is 5.69. The van der Waals surface area contributed by atoms with Crippen LogP contribution in [0.3, 0.4) is 0 Å². The maximum Gasteiger partial charge on any atom is 0.292 e. The number of nitro benzene ring substituents is 1. The van der Waals surface area contributed by atoms with Gasteiger partial charge in [-0.3, -0.25) is 14.9 Å². The molecule has 1 amide bonds. The molecular weight excluding hydrogens is 362 g/mol. The normalized spacial score (nSPS) is 10.2. The number of benzene rings is 2. The monoisotopic (exact) mass is 369 g/mol. The molecule has 0 atom stereocenters. The number of nitrogen functional groups attached to an aromatic ring is 1. The van der Waals surface area contributed by atoms with Crippen molar-refractivity contribution in [1.29, 1.82) is 0 Å². The number of hydrogen-bond acceptors (Lipinski definition) is 4. The summed E-state index contributed by atoms with van der Waals surface area (Å²) >= 11 is 9.11. The second-order valence-electron chi connectivity index (χ2n) is 4.11. The molecule has 2 rings (SSSR count). The minimum Gasteiger partial charge on any atom is -0.393 e. The quantitative estimate of drug-likeness (QED) is 0.487. The van der Waals surface area contributed by atoms with Crippen LogP contribution in [0, 0.1) is 10.1 Å². The summed E-state index contributed by atoms with van der Waals surface area (Å²) in [5, 5.41) is 13.8. The number of rotatable bonds is 3. The summed E-state index contributed by atoms with van der Waals surface area (Å²) in [5.41, 5.74) is 6.01. The second kappa shape index (κ2) is 6.11. The predicted octanol–water partition coefficient (Wildman–Crippen LogP) is 3.85. The van der Waals surface area contributed by atoms with E-state index in [0.717, 1.165) is 0 Å². The van der Waals surface area contributed by atoms with E-state index in [2.05, 4.69) is 21.2 Å². The molecule has 0 heterocycles. The van der Waals surface area contributed by atoms with Crippen molar-refractivity contribution in [2.75, 3.05) is 11.1 Å². The maximum atomic E-state index is 12.1. The summed E-state index contributed by atoms with van der Waals surface area (Å²) in [6.07, 6.45) is 0. The van der Waals surface area contributed by atoms with E-state index in [0.29, 0.717) is 15.2 Å². The fraction of sp³-hybridized carbons (Fsp3) is 0. The lowest BCUT2D eigenvalue weighted by atomic mass is 10.1. The molecule has 3 N–H and O–H groups in total. The highest BCUT2D eigenvalue weighted by atomic mass is 79.9. The van der Waals surface area contributed by atoms with Crippen molar-refractivity contribution >= 4 is 50.5 Å². The number of hydrogen-bond donors (Lipinski definition) is 2. The van der Waals surface area contributed by atoms with E-state index >= 15 is 0 Å². The van der Waals surface area contributed by atoms with Crippen molar-refractivity contribution in [2.45, 2.75) is 0 Å². The largest absolute Gasteiger partial charge is 0.393 e. The number of nitrogens with one attached hydrogen (secondary N) is 1. The van der Waals surface area contributed by atoms with E-state index in [-0.39, 0.29) is 16.9 Å². The number of nitrogens with two attached hydrogens (primary N) is 1. The molecule has 2 aromatic carbocycles. The minimum absolute atomic E-state index is 0.0649. The number of carbonyl (C=O) groups is 1. The zero-order chi connectivity index (χ0) is 15.6. The molecule has 0 fully saturated rings. The summed E-state index contributed by atoms with van der Waals surface area (Å²) < 4.78 is 0.644. The van der Waals surface area contributed by atoms with Crippen LogP contribution < -0.4 is 11.1 Å². The average molecular weight is 371 g/mol. The number of carbonyl (C=O) groups excluding carboxylic acids is 1. The van der Waals surface area contributed by atoms with Gasteiger partial charge in [-0.2, -0.15) is 0 Å². The van der Waals surface area contributed by atoms with Crippen molar-refractivity contribution < 1.29 is 9.72 Å². The highest BCUT2D eigenvalue weighted by molar-refractivity contribution is 9.10. The molecule has 0 aromatic heterocycles. The van der Waals surface area contributed by atoms with Crippen molar-refractivity contribution in [3.63, 3.8) is 0 Å². The van der Waals surface area contributed by atoms with Crippen LogP contribution in [-0.2, 0) is 0 Å². The van der Waals surface area contributed by atoms with Crippen LogP contribution in [-0.4, -0.2) is 10.8 Å². The summed E-state index contributed by atoms with van der Waals surface area (Å²) in [7, 11) is 0. The predicted molar refractivity (Wildman–Crippen MR) is 84.6 cm³/mol. The van der Waals surface area contributed by atoms with E-state index in [1.165, 1.54) is 18.2 Å². The highest BCUT2D eigenvalue weighted by Gasteiger charge is 2.14. The Morgan fingerprint density at radius 3 is 2.57 bits per heavy atom. The van der Waals surface area contributed by atoms with Crippen LogP contribution in [0.25, 0.3) is 0 Å². The zero-order valence-electron chi connectivity index (χ0n) is 10.5. The number of nitrogens with zero attached hydrogens (tertiary/aromatic N) is 1. The van der Waals surface area contributed by atoms with E-state index < -0.39 is 10.8 Å². The third-order valence-corrected chi connectivity index (χ3v) is 3.88. The fourth-order valence-electron chi connectivity index (χ4n) is 1.64. The smallest absolute Gasteiger partial charge is 0.292 e. The fourth-order valence-corrected chi connectivity index (χ4v) is 2.14. The Morgan fingerprint density at radius 2 is 2.00 bits per heavy atom. The topological polar surface area (TPSA) is 98.3 Å². The molecule has 6 nitrogen and oxygen atoms in total. The molecule has 8 heteroatoms. The first kappa shape index (κ1) is 15.3. The second-order valence-corrected chi connectivity index (χ2v) is 5.38. The Hall–Kier alpha value is -2.12. The van der Waals surface area contributed by atoms with Crippen LogP contribution in [0.1, 0.15) is 10.4 Å². The van der Waals surface area contributed by atoms with Gasteiger partial charge in [0.15, 0.2) is 0 Å². The zero-order valence-corrected chi connectivity index (χ0v) is 12.8. The SMILES string of the molecule is Nc1cc(C(=O)Nc2ccc(Cl)c(Br)c2)ccc1[N+](=O)[O-]. The lowest BCUT2D eigenvalue weighted by Crippen LogP contribution is -2.12. The molecule has 0 aliphatic rings. The van der Waals surface area contributed by atoms with E-state index in [4.69, 9.17) is 17.3 Å². The van der Waals surface area contributed by atoms with E-state index in [1.54, 1.807) is 18.2 Å². The van der Waals surface area contributed by atoms with Crippen LogP contribution >= 0.6 is 27.5 Å². The van der Waals surface area contributed by atoms with Gasteiger partial charge in [-0.05, 0) is 46.3 Å². The first-order chi connectivity index (χ1) is 9.88. The van der Waals surface area contributed by atoms with Crippen molar-refractivity contribution in [2.24, 2.45) is 0 Å². The van der Waals surface area contributed by atoms with Crippen LogP contribution in [0.2, 0.25) is 5.02 Å². The van der Waals surface area contributed by atoms with Gasteiger partial charge in [-0.1, -0.05) is 11.6 Å². The van der Waals surface area contributed by atoms with Gasteiger partial charge in [0.05, 0.1) is 9.95 Å². The lowest BCUT2D eigenvalue weighted by molar-refractivity contribution is -0.383. The van der Waals surface area contributed by atoms with Gasteiger partial charge in [0.1, 0.15) is 5.69 Å². The molecule has 0 spiro atoms.